The number of carbonyl (C=O) groups excluding carboxylic acids is 1. The summed E-state index contributed by atoms with van der Waals surface area (Å²) < 4.78 is 1.71. The molecule has 0 fully saturated rings. The van der Waals surface area contributed by atoms with E-state index in [2.05, 4.69) is 31.7 Å². The van der Waals surface area contributed by atoms with E-state index in [0.29, 0.717) is 28.8 Å². The van der Waals surface area contributed by atoms with Gasteiger partial charge in [0, 0.05) is 25.7 Å². The maximum Gasteiger partial charge on any atom is 0.282 e. The molecule has 0 unspecified atom stereocenters. The SMILES string of the molecule is CCNC(=O)c1ccc(CNc2cnn(C)c(=O)c2Br)cc1. The fourth-order valence-electron chi connectivity index (χ4n) is 1.87. The van der Waals surface area contributed by atoms with Gasteiger partial charge in [-0.25, -0.2) is 4.68 Å². The molecule has 0 radical (unpaired) electrons. The van der Waals surface area contributed by atoms with Crippen molar-refractivity contribution in [1.82, 2.24) is 15.1 Å². The van der Waals surface area contributed by atoms with E-state index in [1.807, 2.05) is 19.1 Å². The van der Waals surface area contributed by atoms with Crippen molar-refractivity contribution in [1.29, 1.82) is 0 Å². The Morgan fingerprint density at radius 2 is 2.00 bits per heavy atom. The summed E-state index contributed by atoms with van der Waals surface area (Å²) in [4.78, 5) is 23.4. The Balaban J connectivity index is 2.05. The molecule has 0 saturated heterocycles. The average Bonchev–Trinajstić information content (AvgIpc) is 2.53. The molecule has 0 aliphatic heterocycles. The maximum atomic E-state index is 11.8. The molecule has 2 aromatic rings. The molecule has 0 bridgehead atoms. The molecular weight excluding hydrogens is 348 g/mol. The van der Waals surface area contributed by atoms with Gasteiger partial charge in [-0.3, -0.25) is 9.59 Å². The molecule has 1 heterocycles. The molecule has 22 heavy (non-hydrogen) atoms. The molecule has 116 valence electrons. The molecule has 2 rings (SSSR count). The highest BCUT2D eigenvalue weighted by atomic mass is 79.9. The maximum absolute atomic E-state index is 11.8. The van der Waals surface area contributed by atoms with E-state index in [9.17, 15) is 9.59 Å². The first-order valence-corrected chi connectivity index (χ1v) is 7.65. The number of aromatic nitrogens is 2. The van der Waals surface area contributed by atoms with Gasteiger partial charge in [0.25, 0.3) is 11.5 Å². The van der Waals surface area contributed by atoms with Crippen LogP contribution in [0.4, 0.5) is 5.69 Å². The van der Waals surface area contributed by atoms with Crippen LogP contribution < -0.4 is 16.2 Å². The van der Waals surface area contributed by atoms with Crippen LogP contribution in [-0.2, 0) is 13.6 Å². The highest BCUT2D eigenvalue weighted by Crippen LogP contribution is 2.17. The minimum atomic E-state index is -0.198. The molecule has 0 aliphatic rings. The zero-order valence-electron chi connectivity index (χ0n) is 12.4. The van der Waals surface area contributed by atoms with Crippen LogP contribution in [-0.4, -0.2) is 22.2 Å². The van der Waals surface area contributed by atoms with Crippen molar-refractivity contribution in [2.75, 3.05) is 11.9 Å². The molecule has 0 saturated carbocycles. The summed E-state index contributed by atoms with van der Waals surface area (Å²) in [5.74, 6) is -0.0829. The van der Waals surface area contributed by atoms with Gasteiger partial charge in [0.15, 0.2) is 0 Å². The van der Waals surface area contributed by atoms with Gasteiger partial charge in [-0.15, -0.1) is 0 Å². The molecule has 2 N–H and O–H groups in total. The molecule has 0 spiro atoms. The van der Waals surface area contributed by atoms with Crippen LogP contribution in [0.3, 0.4) is 0 Å². The highest BCUT2D eigenvalue weighted by molar-refractivity contribution is 9.10. The van der Waals surface area contributed by atoms with E-state index in [4.69, 9.17) is 0 Å². The summed E-state index contributed by atoms with van der Waals surface area (Å²) in [5, 5.41) is 9.87. The lowest BCUT2D eigenvalue weighted by Gasteiger charge is -2.09. The lowest BCUT2D eigenvalue weighted by atomic mass is 10.1. The third kappa shape index (κ3) is 3.73. The van der Waals surface area contributed by atoms with Gasteiger partial charge < -0.3 is 10.6 Å². The highest BCUT2D eigenvalue weighted by Gasteiger charge is 2.07. The first-order chi connectivity index (χ1) is 10.5. The Hall–Kier alpha value is -2.15. The standard InChI is InChI=1S/C15H17BrN4O2/c1-3-17-14(21)11-6-4-10(5-7-11)8-18-12-9-19-20(2)15(22)13(12)16/h4-7,9,18H,3,8H2,1-2H3,(H,17,21). The monoisotopic (exact) mass is 364 g/mol. The van der Waals surface area contributed by atoms with Crippen molar-refractivity contribution >= 4 is 27.5 Å². The lowest BCUT2D eigenvalue weighted by molar-refractivity contribution is 0.0956. The van der Waals surface area contributed by atoms with E-state index in [0.717, 1.165) is 5.56 Å². The molecule has 1 amide bonds. The molecule has 0 atom stereocenters. The molecule has 0 aliphatic carbocycles. The Kier molecular flexibility index (Phi) is 5.32. The van der Waals surface area contributed by atoms with E-state index in [-0.39, 0.29) is 11.5 Å². The Labute approximate surface area is 136 Å². The van der Waals surface area contributed by atoms with Crippen molar-refractivity contribution in [3.8, 4) is 0 Å². The van der Waals surface area contributed by atoms with Crippen molar-refractivity contribution in [2.24, 2.45) is 7.05 Å². The summed E-state index contributed by atoms with van der Waals surface area (Å²) >= 11 is 3.26. The van der Waals surface area contributed by atoms with Gasteiger partial charge in [-0.2, -0.15) is 5.10 Å². The van der Waals surface area contributed by atoms with Crippen LogP contribution in [0.1, 0.15) is 22.8 Å². The van der Waals surface area contributed by atoms with Gasteiger partial charge >= 0.3 is 0 Å². The Bertz CT molecular complexity index is 725. The number of halogens is 1. The normalized spacial score (nSPS) is 10.3. The minimum Gasteiger partial charge on any atom is -0.379 e. The number of anilines is 1. The van der Waals surface area contributed by atoms with Gasteiger partial charge in [-0.05, 0) is 40.5 Å². The van der Waals surface area contributed by atoms with Gasteiger partial charge in [0.1, 0.15) is 4.47 Å². The van der Waals surface area contributed by atoms with Crippen molar-refractivity contribution in [2.45, 2.75) is 13.5 Å². The second-order valence-corrected chi connectivity index (χ2v) is 5.50. The number of nitrogens with one attached hydrogen (secondary N) is 2. The number of amides is 1. The van der Waals surface area contributed by atoms with Crippen molar-refractivity contribution < 1.29 is 4.79 Å². The van der Waals surface area contributed by atoms with E-state index in [1.165, 1.54) is 4.68 Å². The Morgan fingerprint density at radius 3 is 2.64 bits per heavy atom. The number of hydrogen-bond acceptors (Lipinski definition) is 4. The third-order valence-electron chi connectivity index (χ3n) is 3.11. The predicted octanol–water partition coefficient (Wildman–Crippen LogP) is 1.90. The fourth-order valence-corrected chi connectivity index (χ4v) is 2.37. The van der Waals surface area contributed by atoms with E-state index in [1.54, 1.807) is 25.4 Å². The zero-order valence-corrected chi connectivity index (χ0v) is 14.0. The smallest absolute Gasteiger partial charge is 0.282 e. The first-order valence-electron chi connectivity index (χ1n) is 6.85. The van der Waals surface area contributed by atoms with Crippen LogP contribution in [0.5, 0.6) is 0 Å². The number of aryl methyl sites for hydroxylation is 1. The topological polar surface area (TPSA) is 76.0 Å². The van der Waals surface area contributed by atoms with Crippen LogP contribution in [0.15, 0.2) is 39.7 Å². The number of carbonyl (C=O) groups is 1. The Morgan fingerprint density at radius 1 is 1.32 bits per heavy atom. The number of benzene rings is 1. The van der Waals surface area contributed by atoms with Crippen LogP contribution in [0.2, 0.25) is 0 Å². The minimum absolute atomic E-state index is 0.0829. The van der Waals surface area contributed by atoms with Gasteiger partial charge in [0.2, 0.25) is 0 Å². The molecule has 7 heteroatoms. The number of nitrogens with zero attached hydrogens (tertiary/aromatic N) is 2. The summed E-state index contributed by atoms with van der Waals surface area (Å²) in [6, 6.07) is 7.30. The molecule has 6 nitrogen and oxygen atoms in total. The van der Waals surface area contributed by atoms with Crippen molar-refractivity contribution in [3.63, 3.8) is 0 Å². The van der Waals surface area contributed by atoms with Crippen LogP contribution >= 0.6 is 15.9 Å². The predicted molar refractivity (Wildman–Crippen MR) is 89.0 cm³/mol. The second kappa shape index (κ2) is 7.22. The fraction of sp³-hybridized carbons (Fsp3) is 0.267. The lowest BCUT2D eigenvalue weighted by Crippen LogP contribution is -2.22. The first kappa shape index (κ1) is 16.2. The largest absolute Gasteiger partial charge is 0.379 e. The molecule has 1 aromatic carbocycles. The summed E-state index contributed by atoms with van der Waals surface area (Å²) in [5.41, 5.74) is 2.06. The van der Waals surface area contributed by atoms with E-state index >= 15 is 0 Å². The summed E-state index contributed by atoms with van der Waals surface area (Å²) in [6.45, 7) is 3.02. The van der Waals surface area contributed by atoms with Crippen molar-refractivity contribution in [3.05, 3.63) is 56.4 Å². The summed E-state index contributed by atoms with van der Waals surface area (Å²) in [7, 11) is 1.59. The van der Waals surface area contributed by atoms with Gasteiger partial charge in [0.05, 0.1) is 11.9 Å². The van der Waals surface area contributed by atoms with Gasteiger partial charge in [-0.1, -0.05) is 12.1 Å². The molecule has 1 aromatic heterocycles. The number of hydrogen-bond donors (Lipinski definition) is 2. The zero-order chi connectivity index (χ0) is 16.1. The quantitative estimate of drug-likeness (QED) is 0.849. The third-order valence-corrected chi connectivity index (χ3v) is 3.88. The summed E-state index contributed by atoms with van der Waals surface area (Å²) in [6.07, 6.45) is 1.59. The average molecular weight is 365 g/mol. The number of rotatable bonds is 5. The molecular formula is C15H17BrN4O2. The van der Waals surface area contributed by atoms with Crippen LogP contribution in [0.25, 0.3) is 0 Å². The second-order valence-electron chi connectivity index (χ2n) is 4.71. The van der Waals surface area contributed by atoms with E-state index < -0.39 is 0 Å². The van der Waals surface area contributed by atoms with Crippen LogP contribution in [0, 0.1) is 0 Å².